The van der Waals surface area contributed by atoms with Crippen molar-refractivity contribution in [1.82, 2.24) is 0 Å². The van der Waals surface area contributed by atoms with Gasteiger partial charge in [-0.3, -0.25) is 4.79 Å². The number of carboxylic acids is 1. The van der Waals surface area contributed by atoms with Crippen molar-refractivity contribution >= 4 is 17.6 Å². The molecular formula is C15H12ClFO2. The van der Waals surface area contributed by atoms with Gasteiger partial charge in [-0.15, -0.1) is 0 Å². The van der Waals surface area contributed by atoms with Gasteiger partial charge in [-0.25, -0.2) is 4.39 Å². The average molecular weight is 279 g/mol. The van der Waals surface area contributed by atoms with Gasteiger partial charge in [-0.05, 0) is 35.4 Å². The molecule has 0 fully saturated rings. The van der Waals surface area contributed by atoms with Crippen LogP contribution in [0.15, 0.2) is 48.5 Å². The number of rotatable bonds is 4. The summed E-state index contributed by atoms with van der Waals surface area (Å²) >= 11 is 5.82. The summed E-state index contributed by atoms with van der Waals surface area (Å²) in [5, 5.41) is 9.61. The van der Waals surface area contributed by atoms with Crippen molar-refractivity contribution in [2.45, 2.75) is 12.3 Å². The van der Waals surface area contributed by atoms with Crippen LogP contribution in [-0.4, -0.2) is 11.1 Å². The molecule has 0 heterocycles. The maximum Gasteiger partial charge on any atom is 0.304 e. The maximum atomic E-state index is 12.9. The van der Waals surface area contributed by atoms with Gasteiger partial charge in [0, 0.05) is 10.9 Å². The molecule has 4 heteroatoms. The summed E-state index contributed by atoms with van der Waals surface area (Å²) in [5.74, 6) is -1.55. The predicted octanol–water partition coefficient (Wildman–Crippen LogP) is 4.09. The normalized spacial score (nSPS) is 12.1. The Balaban J connectivity index is 2.37. The quantitative estimate of drug-likeness (QED) is 0.915. The zero-order valence-electron chi connectivity index (χ0n) is 10.0. The first kappa shape index (κ1) is 13.6. The van der Waals surface area contributed by atoms with Gasteiger partial charge in [0.2, 0.25) is 0 Å². The van der Waals surface area contributed by atoms with E-state index in [1.165, 1.54) is 12.1 Å². The van der Waals surface area contributed by atoms with Crippen molar-refractivity contribution in [1.29, 1.82) is 0 Å². The van der Waals surface area contributed by atoms with Gasteiger partial charge in [0.25, 0.3) is 0 Å². The smallest absolute Gasteiger partial charge is 0.304 e. The fourth-order valence-electron chi connectivity index (χ4n) is 1.99. The first-order chi connectivity index (χ1) is 9.06. The molecule has 0 bridgehead atoms. The van der Waals surface area contributed by atoms with Crippen molar-refractivity contribution < 1.29 is 14.3 Å². The van der Waals surface area contributed by atoms with Gasteiger partial charge in [0.05, 0.1) is 6.42 Å². The zero-order valence-corrected chi connectivity index (χ0v) is 10.8. The van der Waals surface area contributed by atoms with Gasteiger partial charge in [-0.1, -0.05) is 35.9 Å². The molecule has 19 heavy (non-hydrogen) atoms. The van der Waals surface area contributed by atoms with Crippen LogP contribution in [0.4, 0.5) is 4.39 Å². The minimum atomic E-state index is -0.899. The highest BCUT2D eigenvalue weighted by atomic mass is 35.5. The second-order valence-corrected chi connectivity index (χ2v) is 4.69. The molecule has 2 aromatic carbocycles. The predicted molar refractivity (Wildman–Crippen MR) is 71.9 cm³/mol. The topological polar surface area (TPSA) is 37.3 Å². The molecule has 0 saturated carbocycles. The second kappa shape index (κ2) is 5.85. The highest BCUT2D eigenvalue weighted by Crippen LogP contribution is 2.29. The highest BCUT2D eigenvalue weighted by molar-refractivity contribution is 6.30. The van der Waals surface area contributed by atoms with Crippen molar-refractivity contribution in [3.8, 4) is 0 Å². The Morgan fingerprint density at radius 1 is 1.05 bits per heavy atom. The van der Waals surface area contributed by atoms with E-state index in [2.05, 4.69) is 0 Å². The molecule has 1 N–H and O–H groups in total. The molecule has 2 nitrogen and oxygen atoms in total. The molecule has 98 valence electrons. The third-order valence-electron chi connectivity index (χ3n) is 2.92. The minimum absolute atomic E-state index is 0.0483. The number of benzene rings is 2. The van der Waals surface area contributed by atoms with Crippen LogP contribution in [0.25, 0.3) is 0 Å². The Kier molecular flexibility index (Phi) is 4.17. The van der Waals surface area contributed by atoms with Crippen molar-refractivity contribution in [2.24, 2.45) is 0 Å². The van der Waals surface area contributed by atoms with Crippen LogP contribution in [0.1, 0.15) is 23.5 Å². The second-order valence-electron chi connectivity index (χ2n) is 4.25. The van der Waals surface area contributed by atoms with E-state index in [0.717, 1.165) is 11.1 Å². The molecule has 1 atom stereocenters. The number of hydrogen-bond donors (Lipinski definition) is 1. The average Bonchev–Trinajstić information content (AvgIpc) is 2.38. The molecule has 2 rings (SSSR count). The van der Waals surface area contributed by atoms with Gasteiger partial charge in [0.1, 0.15) is 5.82 Å². The number of halogens is 2. The molecule has 0 saturated heterocycles. The Labute approximate surface area is 115 Å². The summed E-state index contributed by atoms with van der Waals surface area (Å²) in [6.07, 6.45) is -0.0483. The van der Waals surface area contributed by atoms with Gasteiger partial charge < -0.3 is 5.11 Å². The largest absolute Gasteiger partial charge is 0.481 e. The van der Waals surface area contributed by atoms with E-state index in [1.807, 2.05) is 0 Å². The van der Waals surface area contributed by atoms with E-state index in [9.17, 15) is 9.18 Å². The summed E-state index contributed by atoms with van der Waals surface area (Å²) in [6.45, 7) is 0. The van der Waals surface area contributed by atoms with E-state index in [-0.39, 0.29) is 18.2 Å². The summed E-state index contributed by atoms with van der Waals surface area (Å²) in [4.78, 5) is 11.0. The third-order valence-corrected chi connectivity index (χ3v) is 3.18. The fraction of sp³-hybridized carbons (Fsp3) is 0.133. The summed E-state index contributed by atoms with van der Waals surface area (Å²) in [5.41, 5.74) is 1.62. The number of carboxylic acid groups (broad SMARTS) is 1. The van der Waals surface area contributed by atoms with E-state index in [0.29, 0.717) is 5.02 Å². The van der Waals surface area contributed by atoms with Crippen LogP contribution in [0.2, 0.25) is 5.02 Å². The lowest BCUT2D eigenvalue weighted by Crippen LogP contribution is -2.08. The molecule has 0 aliphatic carbocycles. The lowest BCUT2D eigenvalue weighted by molar-refractivity contribution is -0.137. The van der Waals surface area contributed by atoms with Gasteiger partial charge in [-0.2, -0.15) is 0 Å². The van der Waals surface area contributed by atoms with Gasteiger partial charge in [0.15, 0.2) is 0 Å². The molecular weight excluding hydrogens is 267 g/mol. The summed E-state index contributed by atoms with van der Waals surface area (Å²) in [6, 6.07) is 12.9. The molecule has 0 aliphatic rings. The Morgan fingerprint density at radius 3 is 2.00 bits per heavy atom. The lowest BCUT2D eigenvalue weighted by atomic mass is 9.88. The molecule has 0 aromatic heterocycles. The highest BCUT2D eigenvalue weighted by Gasteiger charge is 2.17. The Hall–Kier alpha value is -1.87. The SMILES string of the molecule is O=C(O)CC(c1ccc(F)cc1)c1ccc(Cl)cc1. The van der Waals surface area contributed by atoms with Crippen LogP contribution in [0.5, 0.6) is 0 Å². The fourth-order valence-corrected chi connectivity index (χ4v) is 2.12. The lowest BCUT2D eigenvalue weighted by Gasteiger charge is -2.16. The third kappa shape index (κ3) is 3.55. The molecule has 0 spiro atoms. The standard InChI is InChI=1S/C15H12ClFO2/c16-12-5-1-10(2-6-12)14(9-15(18)19)11-3-7-13(17)8-4-11/h1-8,14H,9H2,(H,18,19). The van der Waals surface area contributed by atoms with Crippen LogP contribution < -0.4 is 0 Å². The van der Waals surface area contributed by atoms with Crippen molar-refractivity contribution in [2.75, 3.05) is 0 Å². The molecule has 0 radical (unpaired) electrons. The van der Waals surface area contributed by atoms with Crippen molar-refractivity contribution in [3.05, 3.63) is 70.5 Å². The van der Waals surface area contributed by atoms with E-state index in [1.54, 1.807) is 36.4 Å². The van der Waals surface area contributed by atoms with Crippen LogP contribution in [0, 0.1) is 5.82 Å². The molecule has 0 amide bonds. The number of carbonyl (C=O) groups is 1. The van der Waals surface area contributed by atoms with E-state index >= 15 is 0 Å². The molecule has 0 aliphatic heterocycles. The van der Waals surface area contributed by atoms with E-state index in [4.69, 9.17) is 16.7 Å². The number of hydrogen-bond acceptors (Lipinski definition) is 1. The summed E-state index contributed by atoms with van der Waals surface area (Å²) in [7, 11) is 0. The Morgan fingerprint density at radius 2 is 1.53 bits per heavy atom. The van der Waals surface area contributed by atoms with Crippen LogP contribution in [-0.2, 0) is 4.79 Å². The summed E-state index contributed by atoms with van der Waals surface area (Å²) < 4.78 is 12.9. The van der Waals surface area contributed by atoms with Crippen LogP contribution in [0.3, 0.4) is 0 Å². The van der Waals surface area contributed by atoms with E-state index < -0.39 is 5.97 Å². The Bertz CT molecular complexity index is 518. The molecule has 1 unspecified atom stereocenters. The van der Waals surface area contributed by atoms with Crippen LogP contribution >= 0.6 is 11.6 Å². The molecule has 2 aromatic rings. The first-order valence-electron chi connectivity index (χ1n) is 5.79. The maximum absolute atomic E-state index is 12.9. The number of aliphatic carboxylic acids is 1. The zero-order chi connectivity index (χ0) is 13.8. The van der Waals surface area contributed by atoms with Crippen molar-refractivity contribution in [3.63, 3.8) is 0 Å². The first-order valence-corrected chi connectivity index (χ1v) is 6.17. The minimum Gasteiger partial charge on any atom is -0.481 e. The monoisotopic (exact) mass is 278 g/mol. The van der Waals surface area contributed by atoms with Gasteiger partial charge >= 0.3 is 5.97 Å².